The minimum absolute atomic E-state index is 0.0468. The van der Waals surface area contributed by atoms with Crippen molar-refractivity contribution in [3.05, 3.63) is 249 Å². The van der Waals surface area contributed by atoms with E-state index in [1.54, 1.807) is 0 Å². The van der Waals surface area contributed by atoms with E-state index in [0.717, 1.165) is 87.2 Å². The number of esters is 2. The number of nitrogens with one attached hydrogen (secondary N) is 2. The van der Waals surface area contributed by atoms with Gasteiger partial charge in [-0.2, -0.15) is 0 Å². The molecule has 4 heterocycles. The molecule has 81 heavy (non-hydrogen) atoms. The van der Waals surface area contributed by atoms with E-state index in [1.807, 2.05) is 156 Å². The van der Waals surface area contributed by atoms with Crippen LogP contribution in [0, 0.1) is 44.0 Å². The average Bonchev–Trinajstić information content (AvgIpc) is 4.29. The monoisotopic (exact) mass is 1100 g/mol. The molecule has 15 heteroatoms. The minimum Gasteiger partial charge on any atom is -0.462 e. The highest BCUT2D eigenvalue weighted by molar-refractivity contribution is 6.09. The Bertz CT molecular complexity index is 3650. The summed E-state index contributed by atoms with van der Waals surface area (Å²) >= 11 is 0. The number of fused-ring (bicyclic) bond motifs is 3. The maximum absolute atomic E-state index is 13.4. The van der Waals surface area contributed by atoms with Crippen LogP contribution in [0.2, 0.25) is 0 Å². The molecule has 1 amide bonds. The third-order valence-electron chi connectivity index (χ3n) is 13.3. The lowest BCUT2D eigenvalue weighted by Gasteiger charge is -2.09. The summed E-state index contributed by atoms with van der Waals surface area (Å²) in [6.07, 6.45) is 2.56. The summed E-state index contributed by atoms with van der Waals surface area (Å²) in [4.78, 5) is 40.2. The number of aromatic nitrogens is 3. The molecule has 0 unspecified atom stereocenters. The van der Waals surface area contributed by atoms with Gasteiger partial charge >= 0.3 is 11.9 Å². The number of halogens is 4. The molecule has 0 atom stereocenters. The zero-order valence-electron chi connectivity index (χ0n) is 46.2. The predicted octanol–water partition coefficient (Wildman–Crippen LogP) is 14.3. The SMILES string of the molecule is C1CCOC1.CCOC(=O)c1c(C)[nH]c2ccccc12.CCOC(=O)c1c(C)n(Cc2ccccc2)c2ccccc12.Cc1c(C(=O)NCc2cc(F)cc(F)c2)c2ccccc2n1Cc1ccccc1.NCc1cc(F)cc(F)c1. The van der Waals surface area contributed by atoms with Gasteiger partial charge in [-0.25, -0.2) is 27.2 Å². The number of carbonyl (C=O) groups excluding carboxylic acids is 3. The molecule has 0 bridgehead atoms. The number of H-pyrrole nitrogens is 1. The van der Waals surface area contributed by atoms with E-state index in [0.29, 0.717) is 47.6 Å². The Morgan fingerprint density at radius 2 is 0.951 bits per heavy atom. The van der Waals surface area contributed by atoms with Crippen LogP contribution in [0.15, 0.2) is 170 Å². The Morgan fingerprint density at radius 1 is 0.531 bits per heavy atom. The molecule has 1 saturated heterocycles. The van der Waals surface area contributed by atoms with Crippen LogP contribution in [0.5, 0.6) is 0 Å². The quantitative estimate of drug-likeness (QED) is 0.0817. The van der Waals surface area contributed by atoms with Crippen molar-refractivity contribution in [1.82, 2.24) is 19.4 Å². The second-order valence-electron chi connectivity index (χ2n) is 19.0. The maximum Gasteiger partial charge on any atom is 0.340 e. The summed E-state index contributed by atoms with van der Waals surface area (Å²) in [6.45, 7) is 13.8. The molecule has 0 saturated carbocycles. The summed E-state index contributed by atoms with van der Waals surface area (Å²) in [7, 11) is 0. The number of ether oxygens (including phenoxy) is 3. The molecular formula is C66H67F4N5O6. The third-order valence-corrected chi connectivity index (χ3v) is 13.3. The van der Waals surface area contributed by atoms with Crippen molar-refractivity contribution in [1.29, 1.82) is 0 Å². The molecule has 10 aromatic rings. The molecule has 11 nitrogen and oxygen atoms in total. The number of aromatic amines is 1. The first kappa shape index (κ1) is 59.9. The lowest BCUT2D eigenvalue weighted by Crippen LogP contribution is -2.23. The van der Waals surface area contributed by atoms with Crippen LogP contribution in [-0.4, -0.2) is 58.4 Å². The van der Waals surface area contributed by atoms with Gasteiger partial charge < -0.3 is 39.4 Å². The molecule has 420 valence electrons. The number of nitrogens with two attached hydrogens (primary N) is 1. The zero-order valence-corrected chi connectivity index (χ0v) is 46.2. The molecule has 3 aromatic heterocycles. The Balaban J connectivity index is 0.000000160. The number of benzene rings is 7. The van der Waals surface area contributed by atoms with Crippen molar-refractivity contribution in [2.45, 2.75) is 73.6 Å². The van der Waals surface area contributed by atoms with Crippen molar-refractivity contribution in [3.8, 4) is 0 Å². The van der Waals surface area contributed by atoms with Gasteiger partial charge in [0.1, 0.15) is 23.3 Å². The Labute approximate surface area is 469 Å². The number of para-hydroxylation sites is 3. The second-order valence-corrected chi connectivity index (χ2v) is 19.0. The van der Waals surface area contributed by atoms with Gasteiger partial charge in [0.2, 0.25) is 0 Å². The summed E-state index contributed by atoms with van der Waals surface area (Å²) in [5.74, 6) is -3.26. The van der Waals surface area contributed by atoms with Crippen molar-refractivity contribution < 1.29 is 46.2 Å². The van der Waals surface area contributed by atoms with Crippen LogP contribution in [0.4, 0.5) is 17.6 Å². The lowest BCUT2D eigenvalue weighted by atomic mass is 10.1. The van der Waals surface area contributed by atoms with Crippen LogP contribution < -0.4 is 11.1 Å². The number of hydrogen-bond donors (Lipinski definition) is 3. The van der Waals surface area contributed by atoms with Crippen LogP contribution in [0.1, 0.15) is 97.1 Å². The van der Waals surface area contributed by atoms with Gasteiger partial charge in [0.15, 0.2) is 0 Å². The van der Waals surface area contributed by atoms with Crippen molar-refractivity contribution in [2.75, 3.05) is 26.4 Å². The first-order chi connectivity index (χ1) is 39.2. The fraction of sp³-hybridized carbons (Fsp3) is 0.227. The van der Waals surface area contributed by atoms with Crippen LogP contribution >= 0.6 is 0 Å². The fourth-order valence-electron chi connectivity index (χ4n) is 9.51. The van der Waals surface area contributed by atoms with Crippen LogP contribution in [-0.2, 0) is 40.4 Å². The van der Waals surface area contributed by atoms with Gasteiger partial charge in [0.05, 0.1) is 29.9 Å². The largest absolute Gasteiger partial charge is 0.462 e. The zero-order chi connectivity index (χ0) is 57.8. The molecule has 4 N–H and O–H groups in total. The van der Waals surface area contributed by atoms with Crippen molar-refractivity contribution >= 4 is 50.6 Å². The number of carbonyl (C=O) groups is 3. The van der Waals surface area contributed by atoms with E-state index >= 15 is 0 Å². The van der Waals surface area contributed by atoms with E-state index < -0.39 is 23.3 Å². The summed E-state index contributed by atoms with van der Waals surface area (Å²) < 4.78 is 70.9. The van der Waals surface area contributed by atoms with Crippen LogP contribution in [0.25, 0.3) is 32.7 Å². The maximum atomic E-state index is 13.4. The van der Waals surface area contributed by atoms with E-state index in [4.69, 9.17) is 19.9 Å². The lowest BCUT2D eigenvalue weighted by molar-refractivity contribution is 0.0518. The first-order valence-corrected chi connectivity index (χ1v) is 26.8. The van der Waals surface area contributed by atoms with Gasteiger partial charge in [-0.05, 0) is 112 Å². The van der Waals surface area contributed by atoms with Crippen LogP contribution in [0.3, 0.4) is 0 Å². The van der Waals surface area contributed by atoms with Crippen molar-refractivity contribution in [2.24, 2.45) is 5.73 Å². The molecule has 0 spiro atoms. The van der Waals surface area contributed by atoms with Gasteiger partial charge in [0.25, 0.3) is 5.91 Å². The molecule has 1 aliphatic rings. The highest BCUT2D eigenvalue weighted by Crippen LogP contribution is 2.29. The molecule has 1 fully saturated rings. The van der Waals surface area contributed by atoms with Gasteiger partial charge in [0, 0.05) is 101 Å². The number of nitrogens with zero attached hydrogens (tertiary/aromatic N) is 2. The smallest absolute Gasteiger partial charge is 0.340 e. The van der Waals surface area contributed by atoms with E-state index in [2.05, 4.69) is 31.6 Å². The average molecular weight is 1100 g/mol. The van der Waals surface area contributed by atoms with E-state index in [1.165, 1.54) is 42.7 Å². The summed E-state index contributed by atoms with van der Waals surface area (Å²) in [6, 6.07) is 50.2. The number of amides is 1. The normalized spacial score (nSPS) is 11.5. The van der Waals surface area contributed by atoms with Crippen molar-refractivity contribution in [3.63, 3.8) is 0 Å². The molecule has 0 radical (unpaired) electrons. The highest BCUT2D eigenvalue weighted by atomic mass is 19.1. The standard InChI is InChI=1S/C24H20F2N2O.C19H19NO2.C12H13NO2.C7H7F2N.C4H8O/c1-16-23(24(29)27-14-18-11-19(25)13-20(26)12-18)21-9-5-6-10-22(21)28(16)15-17-7-3-2-4-8-17;1-3-22-19(21)18-14(2)20(13-15-9-5-4-6-10-15)17-12-8-7-11-16(17)18;1-3-15-12(14)11-8(2)13-10-7-5-4-6-9(10)11;8-6-1-5(4-10)2-7(9)3-6;1-2-4-5-3-1/h2-13H,14-15H2,1H3,(H,27,29);4-12H,3,13H2,1-2H3;4-7,13H,3H2,1-2H3;1-3H,4,10H2;1-4H2. The van der Waals surface area contributed by atoms with E-state index in [-0.39, 0.29) is 30.9 Å². The molecule has 11 rings (SSSR count). The second kappa shape index (κ2) is 29.4. The Kier molecular flexibility index (Phi) is 21.8. The molecule has 1 aliphatic heterocycles. The highest BCUT2D eigenvalue weighted by Gasteiger charge is 2.22. The fourth-order valence-corrected chi connectivity index (χ4v) is 9.51. The Morgan fingerprint density at radius 3 is 1.42 bits per heavy atom. The van der Waals surface area contributed by atoms with E-state index in [9.17, 15) is 31.9 Å². The topological polar surface area (TPSA) is 143 Å². The predicted molar refractivity (Wildman–Crippen MR) is 311 cm³/mol. The van der Waals surface area contributed by atoms with Gasteiger partial charge in [-0.1, -0.05) is 115 Å². The minimum atomic E-state index is -0.662. The summed E-state index contributed by atoms with van der Waals surface area (Å²) in [5, 5.41) is 5.52. The Hall–Kier alpha value is -8.79. The molecule has 7 aromatic carbocycles. The molecular weight excluding hydrogens is 1030 g/mol. The number of hydrogen-bond acceptors (Lipinski definition) is 7. The third kappa shape index (κ3) is 16.0. The molecule has 0 aliphatic carbocycles. The number of rotatable bonds is 12. The van der Waals surface area contributed by atoms with Gasteiger partial charge in [-0.3, -0.25) is 4.79 Å². The van der Waals surface area contributed by atoms with Gasteiger partial charge in [-0.15, -0.1) is 0 Å². The number of aryl methyl sites for hydroxylation is 1. The summed E-state index contributed by atoms with van der Waals surface area (Å²) in [5.41, 5.74) is 15.9. The first-order valence-electron chi connectivity index (χ1n) is 26.8.